The molecule has 0 bridgehead atoms. The molecule has 0 saturated carbocycles. The van der Waals surface area contributed by atoms with Gasteiger partial charge in [-0.1, -0.05) is 36.4 Å². The van der Waals surface area contributed by atoms with Gasteiger partial charge in [-0.2, -0.15) is 0 Å². The first-order valence-corrected chi connectivity index (χ1v) is 8.54. The highest BCUT2D eigenvalue weighted by molar-refractivity contribution is 5.47. The minimum absolute atomic E-state index is 1.07. The largest absolute Gasteiger partial charge is 0.372 e. The van der Waals surface area contributed by atoms with Gasteiger partial charge in [0.15, 0.2) is 0 Å². The van der Waals surface area contributed by atoms with Crippen molar-refractivity contribution in [3.05, 3.63) is 65.2 Å². The molecular weight excluding hydrogens is 268 g/mol. The van der Waals surface area contributed by atoms with E-state index in [0.29, 0.717) is 0 Å². The maximum atomic E-state index is 2.40. The lowest BCUT2D eigenvalue weighted by molar-refractivity contribution is -0.929. The van der Waals surface area contributed by atoms with Crippen molar-refractivity contribution < 1.29 is 4.90 Å². The van der Waals surface area contributed by atoms with Crippen LogP contribution in [0.4, 0.5) is 5.69 Å². The first kappa shape index (κ1) is 15.1. The summed E-state index contributed by atoms with van der Waals surface area (Å²) in [6.07, 6.45) is 1.21. The number of nitrogens with one attached hydrogen (secondary N) is 1. The minimum atomic E-state index is 1.07. The summed E-state index contributed by atoms with van der Waals surface area (Å²) in [4.78, 5) is 4.07. The molecule has 0 aliphatic carbocycles. The number of fused-ring (bicyclic) bond motifs is 1. The van der Waals surface area contributed by atoms with Crippen molar-refractivity contribution in [3.8, 4) is 0 Å². The Morgan fingerprint density at radius 1 is 0.909 bits per heavy atom. The van der Waals surface area contributed by atoms with Gasteiger partial charge in [0.25, 0.3) is 0 Å². The van der Waals surface area contributed by atoms with Gasteiger partial charge in [-0.25, -0.2) is 0 Å². The molecule has 2 nitrogen and oxygen atoms in total. The third-order valence-corrected chi connectivity index (χ3v) is 4.83. The van der Waals surface area contributed by atoms with Crippen LogP contribution in [0.3, 0.4) is 0 Å². The Labute approximate surface area is 134 Å². The normalized spacial score (nSPS) is 17.1. The fourth-order valence-electron chi connectivity index (χ4n) is 3.50. The Morgan fingerprint density at radius 3 is 2.27 bits per heavy atom. The molecule has 2 heteroatoms. The monoisotopic (exact) mass is 295 g/mol. The maximum Gasteiger partial charge on any atom is 0.103 e. The summed E-state index contributed by atoms with van der Waals surface area (Å²) in [6, 6.07) is 18.1. The lowest BCUT2D eigenvalue weighted by atomic mass is 9.99. The molecule has 0 spiro atoms. The fourth-order valence-corrected chi connectivity index (χ4v) is 3.50. The second-order valence-electron chi connectivity index (χ2n) is 6.21. The van der Waals surface area contributed by atoms with Gasteiger partial charge in [-0.3, -0.25) is 0 Å². The van der Waals surface area contributed by atoms with Gasteiger partial charge in [-0.15, -0.1) is 0 Å². The molecule has 0 fully saturated rings. The SMILES string of the molecule is CCN(CC)c1ccc(C[NH+]2CCc3ccccc3C2)cc1. The molecule has 116 valence electrons. The molecule has 0 radical (unpaired) electrons. The quantitative estimate of drug-likeness (QED) is 0.891. The second-order valence-corrected chi connectivity index (χ2v) is 6.21. The predicted molar refractivity (Wildman–Crippen MR) is 93.4 cm³/mol. The van der Waals surface area contributed by atoms with Crippen molar-refractivity contribution in [1.29, 1.82) is 0 Å². The lowest BCUT2D eigenvalue weighted by Crippen LogP contribution is -3.10. The van der Waals surface area contributed by atoms with Crippen LogP contribution in [0.5, 0.6) is 0 Å². The van der Waals surface area contributed by atoms with Crippen LogP contribution in [0.1, 0.15) is 30.5 Å². The number of anilines is 1. The molecule has 1 atom stereocenters. The van der Waals surface area contributed by atoms with Crippen LogP contribution in [-0.2, 0) is 19.5 Å². The molecule has 3 rings (SSSR count). The van der Waals surface area contributed by atoms with E-state index in [-0.39, 0.29) is 0 Å². The molecule has 2 aromatic rings. The van der Waals surface area contributed by atoms with Gasteiger partial charge in [0.2, 0.25) is 0 Å². The maximum absolute atomic E-state index is 2.40. The summed E-state index contributed by atoms with van der Waals surface area (Å²) in [7, 11) is 0. The van der Waals surface area contributed by atoms with E-state index in [4.69, 9.17) is 0 Å². The standard InChI is InChI=1S/C20H26N2/c1-3-22(4-2)20-11-9-17(10-12-20)15-21-14-13-18-7-5-6-8-19(18)16-21/h5-12H,3-4,13-16H2,1-2H3/p+1. The van der Waals surface area contributed by atoms with E-state index in [1.165, 1.54) is 29.8 Å². The van der Waals surface area contributed by atoms with Crippen LogP contribution in [-0.4, -0.2) is 19.6 Å². The average molecular weight is 295 g/mol. The summed E-state index contributed by atoms with van der Waals surface area (Å²) in [5, 5.41) is 0. The highest BCUT2D eigenvalue weighted by Crippen LogP contribution is 2.15. The van der Waals surface area contributed by atoms with Gasteiger partial charge in [0.1, 0.15) is 13.1 Å². The van der Waals surface area contributed by atoms with E-state index >= 15 is 0 Å². The molecular formula is C20H27N2+. The van der Waals surface area contributed by atoms with Gasteiger partial charge in [-0.05, 0) is 31.5 Å². The highest BCUT2D eigenvalue weighted by atomic mass is 15.1. The summed E-state index contributed by atoms with van der Waals surface area (Å²) < 4.78 is 0. The summed E-state index contributed by atoms with van der Waals surface area (Å²) >= 11 is 0. The van der Waals surface area contributed by atoms with Gasteiger partial charge >= 0.3 is 0 Å². The van der Waals surface area contributed by atoms with E-state index in [9.17, 15) is 0 Å². The molecule has 1 aliphatic rings. The number of rotatable bonds is 5. The molecule has 1 unspecified atom stereocenters. The third-order valence-electron chi connectivity index (χ3n) is 4.83. The topological polar surface area (TPSA) is 7.68 Å². The molecule has 22 heavy (non-hydrogen) atoms. The molecule has 0 saturated heterocycles. The Balaban J connectivity index is 1.65. The van der Waals surface area contributed by atoms with Crippen molar-refractivity contribution in [3.63, 3.8) is 0 Å². The van der Waals surface area contributed by atoms with E-state index in [1.54, 1.807) is 10.5 Å². The van der Waals surface area contributed by atoms with Crippen LogP contribution in [0.25, 0.3) is 0 Å². The zero-order chi connectivity index (χ0) is 15.4. The zero-order valence-electron chi connectivity index (χ0n) is 13.8. The van der Waals surface area contributed by atoms with Gasteiger partial charge in [0, 0.05) is 36.3 Å². The smallest absolute Gasteiger partial charge is 0.103 e. The Hall–Kier alpha value is -1.80. The predicted octanol–water partition coefficient (Wildman–Crippen LogP) is 2.67. The van der Waals surface area contributed by atoms with E-state index < -0.39 is 0 Å². The second kappa shape index (κ2) is 6.97. The van der Waals surface area contributed by atoms with Crippen molar-refractivity contribution in [2.75, 3.05) is 24.5 Å². The number of quaternary nitrogens is 1. The van der Waals surface area contributed by atoms with Crippen LogP contribution < -0.4 is 9.80 Å². The Kier molecular flexibility index (Phi) is 4.79. The van der Waals surface area contributed by atoms with E-state index in [0.717, 1.165) is 26.2 Å². The highest BCUT2D eigenvalue weighted by Gasteiger charge is 2.18. The Bertz CT molecular complexity index is 599. The minimum Gasteiger partial charge on any atom is -0.372 e. The first-order valence-electron chi connectivity index (χ1n) is 8.54. The summed E-state index contributed by atoms with van der Waals surface area (Å²) in [6.45, 7) is 10.1. The average Bonchev–Trinajstić information content (AvgIpc) is 2.57. The van der Waals surface area contributed by atoms with E-state index in [2.05, 4.69) is 67.3 Å². The molecule has 1 N–H and O–H groups in total. The van der Waals surface area contributed by atoms with Crippen LogP contribution in [0, 0.1) is 0 Å². The van der Waals surface area contributed by atoms with Crippen molar-refractivity contribution in [1.82, 2.24) is 0 Å². The molecule has 1 aliphatic heterocycles. The van der Waals surface area contributed by atoms with Gasteiger partial charge in [0.05, 0.1) is 6.54 Å². The first-order chi connectivity index (χ1) is 10.8. The van der Waals surface area contributed by atoms with Crippen LogP contribution in [0.2, 0.25) is 0 Å². The zero-order valence-corrected chi connectivity index (χ0v) is 13.8. The molecule has 2 aromatic carbocycles. The van der Waals surface area contributed by atoms with Crippen molar-refractivity contribution in [2.24, 2.45) is 0 Å². The summed E-state index contributed by atoms with van der Waals surface area (Å²) in [5.41, 5.74) is 5.87. The number of hydrogen-bond donors (Lipinski definition) is 1. The lowest BCUT2D eigenvalue weighted by Gasteiger charge is -2.26. The van der Waals surface area contributed by atoms with Crippen molar-refractivity contribution >= 4 is 5.69 Å². The number of benzene rings is 2. The van der Waals surface area contributed by atoms with Crippen LogP contribution >= 0.6 is 0 Å². The van der Waals surface area contributed by atoms with E-state index in [1.807, 2.05) is 0 Å². The fraction of sp³-hybridized carbons (Fsp3) is 0.400. The third kappa shape index (κ3) is 3.33. The number of nitrogens with zero attached hydrogens (tertiary/aromatic N) is 1. The molecule has 0 aromatic heterocycles. The molecule has 1 heterocycles. The van der Waals surface area contributed by atoms with Crippen LogP contribution in [0.15, 0.2) is 48.5 Å². The Morgan fingerprint density at radius 2 is 1.59 bits per heavy atom. The van der Waals surface area contributed by atoms with Crippen molar-refractivity contribution in [2.45, 2.75) is 33.4 Å². The summed E-state index contributed by atoms with van der Waals surface area (Å²) in [5.74, 6) is 0. The molecule has 0 amide bonds. The number of hydrogen-bond acceptors (Lipinski definition) is 1. The van der Waals surface area contributed by atoms with Gasteiger partial charge < -0.3 is 9.80 Å².